The number of rotatable bonds is 2. The molecule has 2 amide bonds. The first kappa shape index (κ1) is 15.1. The van der Waals surface area contributed by atoms with Gasteiger partial charge in [-0.15, -0.1) is 0 Å². The third-order valence-corrected chi connectivity index (χ3v) is 5.20. The number of aliphatic carboxylic acids is 1. The summed E-state index contributed by atoms with van der Waals surface area (Å²) in [6, 6.07) is 0.145. The van der Waals surface area contributed by atoms with Crippen molar-refractivity contribution >= 4 is 12.0 Å². The van der Waals surface area contributed by atoms with Gasteiger partial charge in [0.15, 0.2) is 0 Å². The average Bonchev–Trinajstić information content (AvgIpc) is 2.78. The predicted molar refractivity (Wildman–Crippen MR) is 76.4 cm³/mol. The van der Waals surface area contributed by atoms with Crippen LogP contribution in [0.25, 0.3) is 0 Å². The average molecular weight is 282 g/mol. The standard InChI is InChI=1S/C15H26N2O3/c1-10-4-5-12(8-11(10)2)16-14(20)17-7-6-15(3,9-17)13(18)19/h10-12H,4-9H2,1-3H3,(H,16,20)(H,18,19). The van der Waals surface area contributed by atoms with E-state index in [1.165, 1.54) is 0 Å². The molecule has 0 aromatic rings. The minimum atomic E-state index is -0.812. The molecule has 4 unspecified atom stereocenters. The molecule has 2 rings (SSSR count). The van der Waals surface area contributed by atoms with Gasteiger partial charge in [-0.1, -0.05) is 13.8 Å². The largest absolute Gasteiger partial charge is 0.481 e. The monoisotopic (exact) mass is 282 g/mol. The molecule has 114 valence electrons. The van der Waals surface area contributed by atoms with Gasteiger partial charge in [-0.25, -0.2) is 4.79 Å². The maximum Gasteiger partial charge on any atom is 0.317 e. The number of carbonyl (C=O) groups excluding carboxylic acids is 1. The van der Waals surface area contributed by atoms with Crippen molar-refractivity contribution in [2.24, 2.45) is 17.3 Å². The van der Waals surface area contributed by atoms with E-state index in [4.69, 9.17) is 0 Å². The van der Waals surface area contributed by atoms with E-state index in [9.17, 15) is 14.7 Å². The molecule has 0 aromatic carbocycles. The highest BCUT2D eigenvalue weighted by Crippen LogP contribution is 2.31. The van der Waals surface area contributed by atoms with Crippen LogP contribution < -0.4 is 5.32 Å². The molecule has 1 heterocycles. The molecule has 1 aliphatic carbocycles. The molecule has 5 heteroatoms. The molecule has 0 bridgehead atoms. The van der Waals surface area contributed by atoms with Crippen LogP contribution in [0.5, 0.6) is 0 Å². The summed E-state index contributed by atoms with van der Waals surface area (Å²) in [6.45, 7) is 7.06. The van der Waals surface area contributed by atoms with Crippen LogP contribution in [0.2, 0.25) is 0 Å². The van der Waals surface area contributed by atoms with Gasteiger partial charge < -0.3 is 15.3 Å². The lowest BCUT2D eigenvalue weighted by Gasteiger charge is -2.33. The molecule has 4 atom stereocenters. The van der Waals surface area contributed by atoms with Gasteiger partial charge in [0.25, 0.3) is 0 Å². The Morgan fingerprint density at radius 2 is 1.95 bits per heavy atom. The lowest BCUT2D eigenvalue weighted by molar-refractivity contribution is -0.146. The molecule has 0 aromatic heterocycles. The molecule has 2 aliphatic rings. The fourth-order valence-electron chi connectivity index (χ4n) is 3.25. The summed E-state index contributed by atoms with van der Waals surface area (Å²) in [6.07, 6.45) is 3.74. The van der Waals surface area contributed by atoms with Crippen LogP contribution in [0.1, 0.15) is 46.5 Å². The van der Waals surface area contributed by atoms with Crippen LogP contribution in [-0.2, 0) is 4.79 Å². The van der Waals surface area contributed by atoms with Gasteiger partial charge in [-0.2, -0.15) is 0 Å². The zero-order valence-corrected chi connectivity index (χ0v) is 12.7. The van der Waals surface area contributed by atoms with Crippen LogP contribution in [0.4, 0.5) is 4.79 Å². The Balaban J connectivity index is 1.86. The lowest BCUT2D eigenvalue weighted by atomic mass is 9.79. The third kappa shape index (κ3) is 3.07. The number of likely N-dealkylation sites (tertiary alicyclic amines) is 1. The Bertz CT molecular complexity index is 399. The molecule has 1 aliphatic heterocycles. The maximum atomic E-state index is 12.2. The van der Waals surface area contributed by atoms with E-state index in [2.05, 4.69) is 19.2 Å². The lowest BCUT2D eigenvalue weighted by Crippen LogP contribution is -2.47. The van der Waals surface area contributed by atoms with E-state index in [0.717, 1.165) is 25.2 Å². The van der Waals surface area contributed by atoms with E-state index >= 15 is 0 Å². The number of hydrogen-bond donors (Lipinski definition) is 2. The maximum absolute atomic E-state index is 12.2. The first-order valence-corrected chi connectivity index (χ1v) is 7.60. The smallest absolute Gasteiger partial charge is 0.317 e. The molecule has 20 heavy (non-hydrogen) atoms. The van der Waals surface area contributed by atoms with E-state index in [0.29, 0.717) is 25.4 Å². The number of carboxylic acid groups (broad SMARTS) is 1. The fourth-order valence-corrected chi connectivity index (χ4v) is 3.25. The number of nitrogens with one attached hydrogen (secondary N) is 1. The highest BCUT2D eigenvalue weighted by Gasteiger charge is 2.42. The van der Waals surface area contributed by atoms with Gasteiger partial charge in [-0.05, 0) is 44.4 Å². The molecule has 1 saturated carbocycles. The molecule has 0 radical (unpaired) electrons. The Kier molecular flexibility index (Phi) is 4.25. The summed E-state index contributed by atoms with van der Waals surface area (Å²) in [7, 11) is 0. The molecule has 1 saturated heterocycles. The van der Waals surface area contributed by atoms with Crippen LogP contribution >= 0.6 is 0 Å². The number of urea groups is 1. The number of carboxylic acids is 1. The Hall–Kier alpha value is -1.26. The van der Waals surface area contributed by atoms with Crippen molar-refractivity contribution in [2.45, 2.75) is 52.5 Å². The van der Waals surface area contributed by atoms with Crippen molar-refractivity contribution < 1.29 is 14.7 Å². The molecular formula is C15H26N2O3. The molecule has 5 nitrogen and oxygen atoms in total. The van der Waals surface area contributed by atoms with Gasteiger partial charge in [-0.3, -0.25) is 4.79 Å². The summed E-state index contributed by atoms with van der Waals surface area (Å²) in [5.74, 6) is 0.551. The summed E-state index contributed by atoms with van der Waals surface area (Å²) in [4.78, 5) is 25.1. The molecule has 2 fully saturated rings. The predicted octanol–water partition coefficient (Wildman–Crippen LogP) is 2.32. The quantitative estimate of drug-likeness (QED) is 0.816. The highest BCUT2D eigenvalue weighted by molar-refractivity contribution is 5.79. The van der Waals surface area contributed by atoms with Gasteiger partial charge >= 0.3 is 12.0 Å². The van der Waals surface area contributed by atoms with Crippen LogP contribution in [-0.4, -0.2) is 41.1 Å². The van der Waals surface area contributed by atoms with Crippen molar-refractivity contribution in [2.75, 3.05) is 13.1 Å². The van der Waals surface area contributed by atoms with Gasteiger partial charge in [0, 0.05) is 19.1 Å². The number of nitrogens with zero attached hydrogens (tertiary/aromatic N) is 1. The first-order valence-electron chi connectivity index (χ1n) is 7.60. The van der Waals surface area contributed by atoms with E-state index in [1.54, 1.807) is 11.8 Å². The second-order valence-corrected chi connectivity index (χ2v) is 6.95. The van der Waals surface area contributed by atoms with Gasteiger partial charge in [0.2, 0.25) is 0 Å². The van der Waals surface area contributed by atoms with Crippen molar-refractivity contribution in [3.63, 3.8) is 0 Å². The summed E-state index contributed by atoms with van der Waals surface area (Å²) in [5.41, 5.74) is -0.786. The van der Waals surface area contributed by atoms with E-state index in [1.807, 2.05) is 0 Å². The van der Waals surface area contributed by atoms with E-state index in [-0.39, 0.29) is 12.1 Å². The number of carbonyl (C=O) groups is 2. The zero-order valence-electron chi connectivity index (χ0n) is 12.7. The van der Waals surface area contributed by atoms with Crippen molar-refractivity contribution in [1.82, 2.24) is 10.2 Å². The van der Waals surface area contributed by atoms with Gasteiger partial charge in [0.05, 0.1) is 5.41 Å². The Morgan fingerprint density at radius 1 is 1.25 bits per heavy atom. The minimum Gasteiger partial charge on any atom is -0.481 e. The number of amides is 2. The molecule has 0 spiro atoms. The van der Waals surface area contributed by atoms with E-state index < -0.39 is 11.4 Å². The first-order chi connectivity index (χ1) is 9.32. The van der Waals surface area contributed by atoms with Crippen LogP contribution in [0.15, 0.2) is 0 Å². The normalized spacial score (nSPS) is 37.8. The topological polar surface area (TPSA) is 69.6 Å². The SMILES string of the molecule is CC1CCC(NC(=O)N2CCC(C)(C(=O)O)C2)CC1C. The third-order valence-electron chi connectivity index (χ3n) is 5.20. The molecule has 2 N–H and O–H groups in total. The summed E-state index contributed by atoms with van der Waals surface area (Å²) in [5, 5.41) is 12.3. The Labute approximate surface area is 120 Å². The van der Waals surface area contributed by atoms with Gasteiger partial charge in [0.1, 0.15) is 0 Å². The second-order valence-electron chi connectivity index (χ2n) is 6.95. The highest BCUT2D eigenvalue weighted by atomic mass is 16.4. The minimum absolute atomic E-state index is 0.0956. The Morgan fingerprint density at radius 3 is 2.50 bits per heavy atom. The van der Waals surface area contributed by atoms with Crippen LogP contribution in [0, 0.1) is 17.3 Å². The van der Waals surface area contributed by atoms with Crippen molar-refractivity contribution in [3.05, 3.63) is 0 Å². The summed E-state index contributed by atoms with van der Waals surface area (Å²) < 4.78 is 0. The van der Waals surface area contributed by atoms with Crippen molar-refractivity contribution in [3.8, 4) is 0 Å². The number of hydrogen-bond acceptors (Lipinski definition) is 2. The zero-order chi connectivity index (χ0) is 14.9. The summed E-state index contributed by atoms with van der Waals surface area (Å²) >= 11 is 0. The fraction of sp³-hybridized carbons (Fsp3) is 0.867. The van der Waals surface area contributed by atoms with Crippen molar-refractivity contribution in [1.29, 1.82) is 0 Å². The van der Waals surface area contributed by atoms with Crippen LogP contribution in [0.3, 0.4) is 0 Å². The molecular weight excluding hydrogens is 256 g/mol. The second kappa shape index (κ2) is 5.62.